The topological polar surface area (TPSA) is 89.3 Å². The Hall–Kier alpha value is -2.24. The Kier molecular flexibility index (Phi) is 3.89. The number of nitro benzene ring substituents is 1. The van der Waals surface area contributed by atoms with E-state index >= 15 is 0 Å². The van der Waals surface area contributed by atoms with Crippen LogP contribution in [0.5, 0.6) is 0 Å². The summed E-state index contributed by atoms with van der Waals surface area (Å²) in [7, 11) is 0. The van der Waals surface area contributed by atoms with E-state index in [9.17, 15) is 19.7 Å². The van der Waals surface area contributed by atoms with Crippen LogP contribution in [-0.2, 0) is 4.79 Å². The van der Waals surface area contributed by atoms with Gasteiger partial charge < -0.3 is 5.32 Å². The van der Waals surface area contributed by atoms with Gasteiger partial charge in [-0.1, -0.05) is 6.42 Å². The third-order valence-electron chi connectivity index (χ3n) is 3.20. The highest BCUT2D eigenvalue weighted by molar-refractivity contribution is 5.98. The van der Waals surface area contributed by atoms with Crippen LogP contribution < -0.4 is 5.32 Å². The van der Waals surface area contributed by atoms with E-state index in [0.29, 0.717) is 18.4 Å². The Labute approximate surface area is 110 Å². The van der Waals surface area contributed by atoms with Gasteiger partial charge in [0.15, 0.2) is 5.78 Å². The Balaban J connectivity index is 2.03. The number of rotatable bonds is 3. The SMILES string of the molecule is O=C(N[C@H]1CCCCC1=O)c1ccc([N+](=O)[O-])cc1. The number of carbonyl (C=O) groups is 2. The molecule has 1 fully saturated rings. The van der Waals surface area contributed by atoms with Crippen LogP contribution in [0.4, 0.5) is 5.69 Å². The Bertz CT molecular complexity index is 510. The number of Topliss-reactive ketones (excluding diaryl/α,β-unsaturated/α-hetero) is 1. The largest absolute Gasteiger partial charge is 0.342 e. The highest BCUT2D eigenvalue weighted by atomic mass is 16.6. The predicted molar refractivity (Wildman–Crippen MR) is 67.8 cm³/mol. The van der Waals surface area contributed by atoms with Gasteiger partial charge in [-0.05, 0) is 25.0 Å². The summed E-state index contributed by atoms with van der Waals surface area (Å²) in [6.07, 6.45) is 2.97. The van der Waals surface area contributed by atoms with Crippen molar-refractivity contribution in [2.45, 2.75) is 31.7 Å². The van der Waals surface area contributed by atoms with Crippen molar-refractivity contribution in [3.63, 3.8) is 0 Å². The van der Waals surface area contributed by atoms with Gasteiger partial charge >= 0.3 is 0 Å². The normalized spacial score (nSPS) is 18.9. The van der Waals surface area contributed by atoms with Crippen LogP contribution in [0.2, 0.25) is 0 Å². The maximum absolute atomic E-state index is 11.9. The minimum atomic E-state index is -0.521. The second kappa shape index (κ2) is 5.60. The van der Waals surface area contributed by atoms with Crippen molar-refractivity contribution in [3.8, 4) is 0 Å². The molecule has 0 unspecified atom stereocenters. The van der Waals surface area contributed by atoms with E-state index in [0.717, 1.165) is 12.8 Å². The van der Waals surface area contributed by atoms with Crippen LogP contribution in [0.3, 0.4) is 0 Å². The number of benzene rings is 1. The van der Waals surface area contributed by atoms with E-state index in [1.165, 1.54) is 24.3 Å². The molecule has 1 atom stereocenters. The molecule has 6 nitrogen and oxygen atoms in total. The summed E-state index contributed by atoms with van der Waals surface area (Å²) < 4.78 is 0. The van der Waals surface area contributed by atoms with E-state index in [-0.39, 0.29) is 17.4 Å². The molecule has 1 aromatic rings. The maximum atomic E-state index is 11.9. The van der Waals surface area contributed by atoms with Gasteiger partial charge in [0.25, 0.3) is 11.6 Å². The number of carbonyl (C=O) groups excluding carboxylic acids is 2. The van der Waals surface area contributed by atoms with E-state index in [1.807, 2.05) is 0 Å². The van der Waals surface area contributed by atoms with Gasteiger partial charge in [-0.3, -0.25) is 19.7 Å². The first-order valence-electron chi connectivity index (χ1n) is 6.16. The summed E-state index contributed by atoms with van der Waals surface area (Å²) in [6, 6.07) is 4.91. The van der Waals surface area contributed by atoms with Gasteiger partial charge in [0, 0.05) is 24.1 Å². The Morgan fingerprint density at radius 1 is 1.26 bits per heavy atom. The number of hydrogen-bond acceptors (Lipinski definition) is 4. The average molecular weight is 262 g/mol. The molecule has 1 N–H and O–H groups in total. The lowest BCUT2D eigenvalue weighted by Crippen LogP contribution is -2.42. The summed E-state index contributed by atoms with van der Waals surface area (Å²) >= 11 is 0. The third-order valence-corrected chi connectivity index (χ3v) is 3.20. The van der Waals surface area contributed by atoms with Crippen molar-refractivity contribution in [2.75, 3.05) is 0 Å². The van der Waals surface area contributed by atoms with Gasteiger partial charge in [-0.15, -0.1) is 0 Å². The second-order valence-corrected chi connectivity index (χ2v) is 4.54. The van der Waals surface area contributed by atoms with Gasteiger partial charge in [0.05, 0.1) is 11.0 Å². The van der Waals surface area contributed by atoms with Crippen LogP contribution in [-0.4, -0.2) is 22.7 Å². The molecular formula is C13H14N2O4. The molecule has 0 saturated heterocycles. The lowest BCUT2D eigenvalue weighted by molar-refractivity contribution is -0.384. The fraction of sp³-hybridized carbons (Fsp3) is 0.385. The van der Waals surface area contributed by atoms with E-state index < -0.39 is 11.0 Å². The first kappa shape index (κ1) is 13.2. The molecule has 0 spiro atoms. The molecule has 6 heteroatoms. The fourth-order valence-electron chi connectivity index (χ4n) is 2.11. The summed E-state index contributed by atoms with van der Waals surface area (Å²) in [5.74, 6) is -0.309. The lowest BCUT2D eigenvalue weighted by Gasteiger charge is -2.21. The van der Waals surface area contributed by atoms with Crippen molar-refractivity contribution >= 4 is 17.4 Å². The number of amides is 1. The molecule has 100 valence electrons. The maximum Gasteiger partial charge on any atom is 0.269 e. The molecule has 1 amide bonds. The zero-order valence-corrected chi connectivity index (χ0v) is 10.3. The zero-order chi connectivity index (χ0) is 13.8. The highest BCUT2D eigenvalue weighted by Crippen LogP contribution is 2.16. The van der Waals surface area contributed by atoms with Crippen molar-refractivity contribution in [2.24, 2.45) is 0 Å². The monoisotopic (exact) mass is 262 g/mol. The number of ketones is 1. The quantitative estimate of drug-likeness (QED) is 0.664. The third kappa shape index (κ3) is 3.15. The second-order valence-electron chi connectivity index (χ2n) is 4.54. The summed E-state index contributed by atoms with van der Waals surface area (Å²) in [4.78, 5) is 33.5. The molecule has 0 radical (unpaired) electrons. The smallest absolute Gasteiger partial charge is 0.269 e. The van der Waals surface area contributed by atoms with Gasteiger partial charge in [0.2, 0.25) is 0 Å². The molecule has 1 saturated carbocycles. The Morgan fingerprint density at radius 3 is 2.53 bits per heavy atom. The molecule has 19 heavy (non-hydrogen) atoms. The molecule has 1 aliphatic rings. The van der Waals surface area contributed by atoms with Gasteiger partial charge in [-0.2, -0.15) is 0 Å². The van der Waals surface area contributed by atoms with Crippen LogP contribution in [0.15, 0.2) is 24.3 Å². The van der Waals surface area contributed by atoms with Crippen LogP contribution >= 0.6 is 0 Å². The minimum absolute atomic E-state index is 0.0570. The summed E-state index contributed by atoms with van der Waals surface area (Å²) in [5, 5.41) is 13.2. The molecule has 1 aliphatic carbocycles. The molecule has 0 aliphatic heterocycles. The molecular weight excluding hydrogens is 248 g/mol. The lowest BCUT2D eigenvalue weighted by atomic mass is 9.94. The molecule has 0 heterocycles. The van der Waals surface area contributed by atoms with E-state index in [1.54, 1.807) is 0 Å². The summed E-state index contributed by atoms with van der Waals surface area (Å²) in [6.45, 7) is 0. The van der Waals surface area contributed by atoms with Gasteiger partial charge in [-0.25, -0.2) is 0 Å². The standard InChI is InChI=1S/C13H14N2O4/c16-12-4-2-1-3-11(12)14-13(17)9-5-7-10(8-6-9)15(18)19/h5-8,11H,1-4H2,(H,14,17)/t11-/m0/s1. The van der Waals surface area contributed by atoms with Crippen LogP contribution in [0, 0.1) is 10.1 Å². The first-order chi connectivity index (χ1) is 9.08. The number of hydrogen-bond donors (Lipinski definition) is 1. The first-order valence-corrected chi connectivity index (χ1v) is 6.16. The highest BCUT2D eigenvalue weighted by Gasteiger charge is 2.24. The van der Waals surface area contributed by atoms with Crippen molar-refractivity contribution in [1.82, 2.24) is 5.32 Å². The van der Waals surface area contributed by atoms with E-state index in [2.05, 4.69) is 5.32 Å². The number of nitro groups is 1. The van der Waals surface area contributed by atoms with Crippen molar-refractivity contribution < 1.29 is 14.5 Å². The zero-order valence-electron chi connectivity index (χ0n) is 10.3. The molecule has 2 rings (SSSR count). The van der Waals surface area contributed by atoms with E-state index in [4.69, 9.17) is 0 Å². The average Bonchev–Trinajstić information content (AvgIpc) is 2.41. The van der Waals surface area contributed by atoms with Crippen molar-refractivity contribution in [1.29, 1.82) is 0 Å². The minimum Gasteiger partial charge on any atom is -0.342 e. The molecule has 1 aromatic carbocycles. The Morgan fingerprint density at radius 2 is 1.95 bits per heavy atom. The molecule has 0 bridgehead atoms. The number of non-ortho nitro benzene ring substituents is 1. The van der Waals surface area contributed by atoms with Crippen LogP contribution in [0.1, 0.15) is 36.0 Å². The summed E-state index contributed by atoms with van der Waals surface area (Å²) in [5.41, 5.74) is 0.259. The predicted octanol–water partition coefficient (Wildman–Crippen LogP) is 1.84. The number of nitrogens with one attached hydrogen (secondary N) is 1. The fourth-order valence-corrected chi connectivity index (χ4v) is 2.11. The number of nitrogens with zero attached hydrogens (tertiary/aromatic N) is 1. The molecule has 0 aromatic heterocycles. The van der Waals surface area contributed by atoms with Gasteiger partial charge in [0.1, 0.15) is 0 Å². The van der Waals surface area contributed by atoms with Crippen LogP contribution in [0.25, 0.3) is 0 Å². The van der Waals surface area contributed by atoms with Crippen molar-refractivity contribution in [3.05, 3.63) is 39.9 Å².